The van der Waals surface area contributed by atoms with Crippen molar-refractivity contribution in [3.05, 3.63) is 36.4 Å². The average molecular weight is 178 g/mol. The molecular formula is C9H10N2O2. The van der Waals surface area contributed by atoms with Crippen LogP contribution in [0.25, 0.3) is 0 Å². The molecule has 0 unspecified atom stereocenters. The van der Waals surface area contributed by atoms with E-state index in [0.29, 0.717) is 12.4 Å². The van der Waals surface area contributed by atoms with E-state index in [0.717, 1.165) is 6.42 Å². The van der Waals surface area contributed by atoms with Crippen LogP contribution in [0.15, 0.2) is 36.4 Å². The first-order chi connectivity index (χ1) is 6.36. The SMILES string of the molecule is O=C(Nn1cccc1)C1=CCCO1. The fourth-order valence-corrected chi connectivity index (χ4v) is 1.16. The van der Waals surface area contributed by atoms with Crippen molar-refractivity contribution >= 4 is 5.91 Å². The van der Waals surface area contributed by atoms with E-state index in [1.807, 2.05) is 12.1 Å². The normalized spacial score (nSPS) is 14.9. The molecule has 13 heavy (non-hydrogen) atoms. The Hall–Kier alpha value is -1.71. The first kappa shape index (κ1) is 7.91. The van der Waals surface area contributed by atoms with Gasteiger partial charge in [-0.2, -0.15) is 0 Å². The van der Waals surface area contributed by atoms with Gasteiger partial charge in [0.05, 0.1) is 6.61 Å². The number of nitrogens with zero attached hydrogens (tertiary/aromatic N) is 1. The molecule has 0 saturated heterocycles. The topological polar surface area (TPSA) is 43.3 Å². The Kier molecular flexibility index (Phi) is 2.04. The van der Waals surface area contributed by atoms with Crippen molar-refractivity contribution < 1.29 is 9.53 Å². The summed E-state index contributed by atoms with van der Waals surface area (Å²) in [6.45, 7) is 0.606. The zero-order chi connectivity index (χ0) is 9.10. The number of carbonyl (C=O) groups excluding carboxylic acids is 1. The van der Waals surface area contributed by atoms with Gasteiger partial charge < -0.3 is 4.74 Å². The molecule has 4 nitrogen and oxygen atoms in total. The molecule has 0 aliphatic carbocycles. The lowest BCUT2D eigenvalue weighted by Crippen LogP contribution is -2.23. The molecule has 1 aliphatic rings. The van der Waals surface area contributed by atoms with Crippen molar-refractivity contribution in [3.8, 4) is 0 Å². The molecule has 0 saturated carbocycles. The lowest BCUT2D eigenvalue weighted by atomic mass is 10.4. The van der Waals surface area contributed by atoms with Crippen molar-refractivity contribution in [2.24, 2.45) is 0 Å². The Labute approximate surface area is 75.8 Å². The predicted octanol–water partition coefficient (Wildman–Crippen LogP) is 0.862. The highest BCUT2D eigenvalue weighted by atomic mass is 16.5. The molecule has 0 spiro atoms. The second kappa shape index (κ2) is 3.35. The van der Waals surface area contributed by atoms with Crippen LogP contribution in [-0.4, -0.2) is 17.2 Å². The molecule has 1 N–H and O–H groups in total. The van der Waals surface area contributed by atoms with Gasteiger partial charge in [-0.15, -0.1) is 0 Å². The van der Waals surface area contributed by atoms with E-state index in [2.05, 4.69) is 5.43 Å². The zero-order valence-electron chi connectivity index (χ0n) is 7.06. The van der Waals surface area contributed by atoms with Gasteiger partial charge in [0.2, 0.25) is 0 Å². The van der Waals surface area contributed by atoms with Gasteiger partial charge in [-0.25, -0.2) is 0 Å². The van der Waals surface area contributed by atoms with Gasteiger partial charge in [0.1, 0.15) is 0 Å². The maximum absolute atomic E-state index is 11.4. The van der Waals surface area contributed by atoms with Crippen molar-refractivity contribution in [1.82, 2.24) is 4.68 Å². The summed E-state index contributed by atoms with van der Waals surface area (Å²) in [7, 11) is 0. The second-order valence-electron chi connectivity index (χ2n) is 2.74. The number of rotatable bonds is 2. The number of nitrogens with one attached hydrogen (secondary N) is 1. The lowest BCUT2D eigenvalue weighted by molar-refractivity contribution is -0.116. The van der Waals surface area contributed by atoms with Crippen LogP contribution >= 0.6 is 0 Å². The summed E-state index contributed by atoms with van der Waals surface area (Å²) in [4.78, 5) is 11.4. The van der Waals surface area contributed by atoms with Crippen molar-refractivity contribution in [2.75, 3.05) is 12.0 Å². The highest BCUT2D eigenvalue weighted by molar-refractivity contribution is 5.97. The molecule has 0 aromatic carbocycles. The van der Waals surface area contributed by atoms with Crippen LogP contribution in [0, 0.1) is 0 Å². The third-order valence-corrected chi connectivity index (χ3v) is 1.76. The van der Waals surface area contributed by atoms with E-state index in [9.17, 15) is 4.79 Å². The van der Waals surface area contributed by atoms with Gasteiger partial charge in [0, 0.05) is 18.8 Å². The number of ether oxygens (including phenoxy) is 1. The van der Waals surface area contributed by atoms with Crippen LogP contribution in [0.3, 0.4) is 0 Å². The molecule has 0 radical (unpaired) electrons. The summed E-state index contributed by atoms with van der Waals surface area (Å²) in [5.74, 6) is 0.211. The Balaban J connectivity index is 1.99. The molecule has 2 rings (SSSR count). The van der Waals surface area contributed by atoms with Gasteiger partial charge >= 0.3 is 5.91 Å². The first-order valence-corrected chi connectivity index (χ1v) is 4.13. The van der Waals surface area contributed by atoms with E-state index < -0.39 is 0 Å². The number of amides is 1. The Morgan fingerprint density at radius 1 is 1.46 bits per heavy atom. The summed E-state index contributed by atoms with van der Waals surface area (Å²) in [6, 6.07) is 3.67. The zero-order valence-corrected chi connectivity index (χ0v) is 7.06. The van der Waals surface area contributed by atoms with E-state index in [-0.39, 0.29) is 5.91 Å². The van der Waals surface area contributed by atoms with Crippen molar-refractivity contribution in [1.29, 1.82) is 0 Å². The minimum atomic E-state index is -0.200. The summed E-state index contributed by atoms with van der Waals surface area (Å²) in [6.07, 6.45) is 6.12. The van der Waals surface area contributed by atoms with E-state index in [4.69, 9.17) is 4.74 Å². The van der Waals surface area contributed by atoms with Crippen LogP contribution in [0.2, 0.25) is 0 Å². The van der Waals surface area contributed by atoms with Crippen LogP contribution < -0.4 is 5.43 Å². The molecule has 0 bridgehead atoms. The number of aromatic nitrogens is 1. The summed E-state index contributed by atoms with van der Waals surface area (Å²) in [5, 5.41) is 0. The molecule has 68 valence electrons. The van der Waals surface area contributed by atoms with Gasteiger partial charge in [-0.3, -0.25) is 14.9 Å². The Morgan fingerprint density at radius 2 is 2.23 bits per heavy atom. The summed E-state index contributed by atoms with van der Waals surface area (Å²) in [5.41, 5.74) is 2.65. The highest BCUT2D eigenvalue weighted by Crippen LogP contribution is 2.08. The number of hydrogen-bond acceptors (Lipinski definition) is 2. The van der Waals surface area contributed by atoms with E-state index in [1.165, 1.54) is 0 Å². The fourth-order valence-electron chi connectivity index (χ4n) is 1.16. The first-order valence-electron chi connectivity index (χ1n) is 4.13. The van der Waals surface area contributed by atoms with Gasteiger partial charge in [-0.05, 0) is 18.2 Å². The van der Waals surface area contributed by atoms with Crippen LogP contribution in [0.4, 0.5) is 0 Å². The standard InChI is InChI=1S/C9H10N2O2/c12-9(8-4-3-7-13-8)10-11-5-1-2-6-11/h1-2,4-6H,3,7H2,(H,10,12). The largest absolute Gasteiger partial charge is 0.488 e. The second-order valence-corrected chi connectivity index (χ2v) is 2.74. The monoisotopic (exact) mass is 178 g/mol. The Morgan fingerprint density at radius 3 is 2.85 bits per heavy atom. The number of carbonyl (C=O) groups is 1. The minimum Gasteiger partial charge on any atom is -0.488 e. The molecule has 4 heteroatoms. The third-order valence-electron chi connectivity index (χ3n) is 1.76. The van der Waals surface area contributed by atoms with Crippen molar-refractivity contribution in [2.45, 2.75) is 6.42 Å². The number of hydrogen-bond donors (Lipinski definition) is 1. The summed E-state index contributed by atoms with van der Waals surface area (Å²) < 4.78 is 6.69. The molecular weight excluding hydrogens is 168 g/mol. The van der Waals surface area contributed by atoms with Crippen LogP contribution in [-0.2, 0) is 9.53 Å². The minimum absolute atomic E-state index is 0.200. The molecule has 1 aliphatic heterocycles. The van der Waals surface area contributed by atoms with Crippen molar-refractivity contribution in [3.63, 3.8) is 0 Å². The van der Waals surface area contributed by atoms with E-state index in [1.54, 1.807) is 23.1 Å². The third kappa shape index (κ3) is 1.72. The molecule has 1 aromatic rings. The van der Waals surface area contributed by atoms with Gasteiger partial charge in [0.15, 0.2) is 5.76 Å². The molecule has 1 aromatic heterocycles. The lowest BCUT2D eigenvalue weighted by Gasteiger charge is -2.06. The van der Waals surface area contributed by atoms with E-state index >= 15 is 0 Å². The summed E-state index contributed by atoms with van der Waals surface area (Å²) >= 11 is 0. The highest BCUT2D eigenvalue weighted by Gasteiger charge is 2.14. The fraction of sp³-hybridized carbons (Fsp3) is 0.222. The maximum atomic E-state index is 11.4. The molecule has 0 fully saturated rings. The predicted molar refractivity (Wildman–Crippen MR) is 47.5 cm³/mol. The molecule has 0 atom stereocenters. The Bertz CT molecular complexity index is 327. The smallest absolute Gasteiger partial charge is 0.304 e. The van der Waals surface area contributed by atoms with Crippen LogP contribution in [0.1, 0.15) is 6.42 Å². The van der Waals surface area contributed by atoms with Gasteiger partial charge in [0.25, 0.3) is 0 Å². The quantitative estimate of drug-likeness (QED) is 0.730. The average Bonchev–Trinajstić information content (AvgIpc) is 2.74. The maximum Gasteiger partial charge on any atom is 0.304 e. The van der Waals surface area contributed by atoms with Crippen LogP contribution in [0.5, 0.6) is 0 Å². The molecule has 1 amide bonds. The molecule has 2 heterocycles. The van der Waals surface area contributed by atoms with Gasteiger partial charge in [-0.1, -0.05) is 0 Å².